The molecule has 95 valence electrons. The monoisotopic (exact) mass is 253 g/mol. The number of alkyl halides is 5. The van der Waals surface area contributed by atoms with Gasteiger partial charge < -0.3 is 4.74 Å². The van der Waals surface area contributed by atoms with E-state index >= 15 is 0 Å². The van der Waals surface area contributed by atoms with Crippen LogP contribution >= 0.6 is 0 Å². The topological polar surface area (TPSA) is 9.23 Å². The molecule has 0 N–H and O–H groups in total. The molecule has 1 aromatic carbocycles. The lowest BCUT2D eigenvalue weighted by Gasteiger charge is -2.20. The van der Waals surface area contributed by atoms with E-state index in [1.165, 1.54) is 12.1 Å². The van der Waals surface area contributed by atoms with Gasteiger partial charge in [-0.1, -0.05) is 19.1 Å². The first-order valence-electron chi connectivity index (χ1n) is 4.78. The first-order chi connectivity index (χ1) is 7.76. The minimum absolute atomic E-state index is 0.528. The number of rotatable bonds is 4. The van der Waals surface area contributed by atoms with Gasteiger partial charge in [-0.3, -0.25) is 0 Å². The predicted octanol–water partition coefficient (Wildman–Crippen LogP) is 3.99. The fraction of sp³-hybridized carbons (Fsp3) is 0.364. The number of ether oxygens (including phenoxy) is 1. The van der Waals surface area contributed by atoms with Gasteiger partial charge in [-0.05, 0) is 30.5 Å². The Bertz CT molecular complexity index is 355. The van der Waals surface area contributed by atoms with E-state index in [1.807, 2.05) is 0 Å². The van der Waals surface area contributed by atoms with E-state index < -0.39 is 18.0 Å². The Morgan fingerprint density at radius 1 is 1.00 bits per heavy atom. The third-order valence-electron chi connectivity index (χ3n) is 1.96. The Labute approximate surface area is 95.2 Å². The Morgan fingerprint density at radius 2 is 1.53 bits per heavy atom. The van der Waals surface area contributed by atoms with Gasteiger partial charge in [0.25, 0.3) is 0 Å². The van der Waals surface area contributed by atoms with Crippen LogP contribution in [0.3, 0.4) is 0 Å². The summed E-state index contributed by atoms with van der Waals surface area (Å²) in [6, 6.07) is 5.00. The van der Waals surface area contributed by atoms with Crippen molar-refractivity contribution in [3.8, 4) is 5.75 Å². The van der Waals surface area contributed by atoms with Crippen molar-refractivity contribution in [3.05, 3.63) is 36.8 Å². The minimum atomic E-state index is -5.72. The maximum Gasteiger partial charge on any atom is 0.499 e. The summed E-state index contributed by atoms with van der Waals surface area (Å²) in [5, 5.41) is 0. The molecule has 0 saturated heterocycles. The molecular formula is C11H10F5O. The third-order valence-corrected chi connectivity index (χ3v) is 1.96. The van der Waals surface area contributed by atoms with E-state index in [1.54, 1.807) is 0 Å². The predicted molar refractivity (Wildman–Crippen MR) is 51.8 cm³/mol. The van der Waals surface area contributed by atoms with Crippen LogP contribution in [0.1, 0.15) is 12.0 Å². The average Bonchev–Trinajstić information content (AvgIpc) is 2.19. The van der Waals surface area contributed by atoms with Crippen LogP contribution in [-0.2, 0) is 6.42 Å². The van der Waals surface area contributed by atoms with Gasteiger partial charge in [-0.25, -0.2) is 0 Å². The van der Waals surface area contributed by atoms with Crippen LogP contribution in [0.15, 0.2) is 24.3 Å². The Hall–Kier alpha value is -1.33. The maximum absolute atomic E-state index is 12.5. The molecule has 0 heterocycles. The highest BCUT2D eigenvalue weighted by Crippen LogP contribution is 2.37. The lowest BCUT2D eigenvalue weighted by molar-refractivity contribution is -0.360. The first kappa shape index (κ1) is 13.7. The molecule has 1 aromatic rings. The molecule has 0 atom stereocenters. The van der Waals surface area contributed by atoms with Gasteiger partial charge in [0.2, 0.25) is 0 Å². The summed E-state index contributed by atoms with van der Waals surface area (Å²) >= 11 is 0. The van der Waals surface area contributed by atoms with E-state index in [0.717, 1.165) is 17.7 Å². The molecule has 17 heavy (non-hydrogen) atoms. The molecule has 0 fully saturated rings. The van der Waals surface area contributed by atoms with Crippen molar-refractivity contribution in [2.24, 2.45) is 0 Å². The van der Waals surface area contributed by atoms with Gasteiger partial charge in [0.1, 0.15) is 5.75 Å². The summed E-state index contributed by atoms with van der Waals surface area (Å²) in [6.07, 6.45) is -9.67. The molecular weight excluding hydrogens is 243 g/mol. The Kier molecular flexibility index (Phi) is 3.95. The second kappa shape index (κ2) is 4.89. The molecule has 0 aliphatic rings. The molecule has 0 saturated carbocycles. The summed E-state index contributed by atoms with van der Waals surface area (Å²) in [6.45, 7) is 3.60. The molecule has 6 heteroatoms. The Balaban J connectivity index is 2.76. The number of benzene rings is 1. The highest BCUT2D eigenvalue weighted by Gasteiger charge is 2.61. The van der Waals surface area contributed by atoms with E-state index in [0.29, 0.717) is 12.8 Å². The lowest BCUT2D eigenvalue weighted by atomic mass is 10.1. The van der Waals surface area contributed by atoms with Crippen LogP contribution in [0.25, 0.3) is 0 Å². The average molecular weight is 253 g/mol. The molecule has 0 unspecified atom stereocenters. The van der Waals surface area contributed by atoms with E-state index in [9.17, 15) is 22.0 Å². The molecule has 1 radical (unpaired) electrons. The highest BCUT2D eigenvalue weighted by atomic mass is 19.4. The van der Waals surface area contributed by atoms with Crippen LogP contribution in [-0.4, -0.2) is 12.3 Å². The summed E-state index contributed by atoms with van der Waals surface area (Å²) in [5.41, 5.74) is 0.794. The van der Waals surface area contributed by atoms with Crippen LogP contribution in [0.2, 0.25) is 0 Å². The molecule has 1 nitrogen and oxygen atoms in total. The van der Waals surface area contributed by atoms with Crippen molar-refractivity contribution in [3.63, 3.8) is 0 Å². The van der Waals surface area contributed by atoms with E-state index in [4.69, 9.17) is 0 Å². The summed E-state index contributed by atoms with van der Waals surface area (Å²) < 4.78 is 64.1. The van der Waals surface area contributed by atoms with Crippen molar-refractivity contribution in [1.29, 1.82) is 0 Å². The van der Waals surface area contributed by atoms with Crippen LogP contribution in [0.5, 0.6) is 5.75 Å². The lowest BCUT2D eigenvalue weighted by Crippen LogP contribution is -2.41. The van der Waals surface area contributed by atoms with Gasteiger partial charge in [0, 0.05) is 0 Å². The largest absolute Gasteiger partial charge is 0.499 e. The van der Waals surface area contributed by atoms with Crippen molar-refractivity contribution >= 4 is 0 Å². The van der Waals surface area contributed by atoms with Crippen LogP contribution < -0.4 is 4.74 Å². The number of aryl methyl sites for hydroxylation is 1. The van der Waals surface area contributed by atoms with Crippen LogP contribution in [0.4, 0.5) is 22.0 Å². The highest BCUT2D eigenvalue weighted by molar-refractivity contribution is 5.27. The molecule has 0 spiro atoms. The van der Waals surface area contributed by atoms with Gasteiger partial charge >= 0.3 is 12.3 Å². The number of halogens is 5. The van der Waals surface area contributed by atoms with E-state index in [-0.39, 0.29) is 0 Å². The quantitative estimate of drug-likeness (QED) is 0.737. The standard InChI is InChI=1S/C11H10F5O/c1-2-3-8-4-6-9(7-5-8)17-11(15,16)10(12,13)14/h4-7H,1-3H2. The van der Waals surface area contributed by atoms with Crippen LogP contribution in [0, 0.1) is 6.92 Å². The molecule has 1 rings (SSSR count). The summed E-state index contributed by atoms with van der Waals surface area (Å²) in [5.74, 6) is -0.528. The van der Waals surface area contributed by atoms with Crippen molar-refractivity contribution in [2.75, 3.05) is 0 Å². The Morgan fingerprint density at radius 3 is 1.94 bits per heavy atom. The van der Waals surface area contributed by atoms with E-state index in [2.05, 4.69) is 11.7 Å². The second-order valence-electron chi connectivity index (χ2n) is 3.36. The number of hydrogen-bond donors (Lipinski definition) is 0. The normalized spacial score (nSPS) is 12.6. The fourth-order valence-corrected chi connectivity index (χ4v) is 1.13. The zero-order valence-corrected chi connectivity index (χ0v) is 8.73. The van der Waals surface area contributed by atoms with Gasteiger partial charge in [-0.2, -0.15) is 22.0 Å². The second-order valence-corrected chi connectivity index (χ2v) is 3.36. The van der Waals surface area contributed by atoms with Crippen molar-refractivity contribution in [1.82, 2.24) is 0 Å². The number of hydrogen-bond acceptors (Lipinski definition) is 1. The molecule has 0 aromatic heterocycles. The summed E-state index contributed by atoms with van der Waals surface area (Å²) in [7, 11) is 0. The molecule has 0 aliphatic carbocycles. The van der Waals surface area contributed by atoms with Crippen molar-refractivity contribution in [2.45, 2.75) is 25.1 Å². The first-order valence-corrected chi connectivity index (χ1v) is 4.78. The van der Waals surface area contributed by atoms with Crippen molar-refractivity contribution < 1.29 is 26.7 Å². The zero-order chi connectivity index (χ0) is 13.1. The fourth-order valence-electron chi connectivity index (χ4n) is 1.13. The minimum Gasteiger partial charge on any atom is -0.426 e. The maximum atomic E-state index is 12.5. The third kappa shape index (κ3) is 3.57. The molecule has 0 bridgehead atoms. The SMILES string of the molecule is [CH2]CCc1ccc(OC(F)(F)C(F)(F)F)cc1. The molecule has 0 amide bonds. The zero-order valence-electron chi connectivity index (χ0n) is 8.73. The van der Waals surface area contributed by atoms with Gasteiger partial charge in [-0.15, -0.1) is 0 Å². The smallest absolute Gasteiger partial charge is 0.426 e. The van der Waals surface area contributed by atoms with Gasteiger partial charge in [0.15, 0.2) is 0 Å². The van der Waals surface area contributed by atoms with Gasteiger partial charge in [0.05, 0.1) is 0 Å². The summed E-state index contributed by atoms with van der Waals surface area (Å²) in [4.78, 5) is 0. The molecule has 0 aliphatic heterocycles.